The average molecular weight is 434 g/mol. The Morgan fingerprint density at radius 1 is 1.09 bits per heavy atom. The highest BCUT2D eigenvalue weighted by Gasteiger charge is 2.48. The van der Waals surface area contributed by atoms with Crippen LogP contribution in [0.2, 0.25) is 0 Å². The Balaban J connectivity index is 1.50. The number of hydrogen-bond donors (Lipinski definition) is 1. The van der Waals surface area contributed by atoms with E-state index in [1.54, 1.807) is 11.2 Å². The van der Waals surface area contributed by atoms with E-state index in [4.69, 9.17) is 4.42 Å². The lowest BCUT2D eigenvalue weighted by Gasteiger charge is -2.44. The Bertz CT molecular complexity index is 1110. The van der Waals surface area contributed by atoms with Crippen LogP contribution >= 0.6 is 0 Å². The Kier molecular flexibility index (Phi) is 5.53. The maximum Gasteiger partial charge on any atom is 0.271 e. The van der Waals surface area contributed by atoms with E-state index < -0.39 is 5.54 Å². The van der Waals surface area contributed by atoms with Crippen LogP contribution in [0.15, 0.2) is 53.1 Å². The number of hydrogen-bond acceptors (Lipinski definition) is 3. The summed E-state index contributed by atoms with van der Waals surface area (Å²) in [7, 11) is 0. The molecule has 2 aliphatic rings. The zero-order valence-electron chi connectivity index (χ0n) is 18.7. The highest BCUT2D eigenvalue weighted by molar-refractivity contribution is 6.03. The Morgan fingerprint density at radius 3 is 2.59 bits per heavy atom. The third-order valence-electron chi connectivity index (χ3n) is 7.16. The topological polar surface area (TPSA) is 67.5 Å². The minimum absolute atomic E-state index is 0.0774. The van der Waals surface area contributed by atoms with Gasteiger partial charge in [0.1, 0.15) is 17.0 Å². The van der Waals surface area contributed by atoms with Crippen LogP contribution in [0.3, 0.4) is 0 Å². The highest BCUT2D eigenvalue weighted by Crippen LogP contribution is 2.34. The van der Waals surface area contributed by atoms with E-state index in [1.807, 2.05) is 54.0 Å². The summed E-state index contributed by atoms with van der Waals surface area (Å²) in [5.41, 5.74) is 0.591. The number of benzene rings is 1. The van der Waals surface area contributed by atoms with Gasteiger partial charge in [-0.15, -0.1) is 0 Å². The Hall–Kier alpha value is -3.02. The zero-order valence-corrected chi connectivity index (χ0v) is 18.7. The molecule has 1 aromatic carbocycles. The maximum absolute atomic E-state index is 13.8. The fraction of sp³-hybridized carbons (Fsp3) is 0.462. The van der Waals surface area contributed by atoms with Gasteiger partial charge in [0.15, 0.2) is 0 Å². The summed E-state index contributed by atoms with van der Waals surface area (Å²) in [6.07, 6.45) is 9.64. The van der Waals surface area contributed by atoms with Gasteiger partial charge in [0.05, 0.1) is 19.4 Å². The first-order valence-corrected chi connectivity index (χ1v) is 11.8. The number of para-hydroxylation sites is 1. The van der Waals surface area contributed by atoms with Crippen molar-refractivity contribution < 1.29 is 14.0 Å². The molecule has 32 heavy (non-hydrogen) atoms. The minimum Gasteiger partial charge on any atom is -0.467 e. The molecule has 168 valence electrons. The second-order valence-electron chi connectivity index (χ2n) is 9.43. The number of carbonyl (C=O) groups is 2. The fourth-order valence-electron chi connectivity index (χ4n) is 5.25. The van der Waals surface area contributed by atoms with Gasteiger partial charge < -0.3 is 19.2 Å². The van der Waals surface area contributed by atoms with Gasteiger partial charge in [0.2, 0.25) is 5.91 Å². The van der Waals surface area contributed by atoms with Crippen molar-refractivity contribution in [1.29, 1.82) is 0 Å². The molecule has 2 amide bonds. The second-order valence-corrected chi connectivity index (χ2v) is 9.43. The smallest absolute Gasteiger partial charge is 0.271 e. The average Bonchev–Trinajstić information content (AvgIpc) is 3.41. The van der Waals surface area contributed by atoms with E-state index in [9.17, 15) is 9.59 Å². The van der Waals surface area contributed by atoms with Crippen molar-refractivity contribution in [1.82, 2.24) is 14.8 Å². The number of nitrogens with zero attached hydrogens (tertiary/aromatic N) is 2. The minimum atomic E-state index is -1.01. The molecule has 3 heterocycles. The zero-order chi connectivity index (χ0) is 22.1. The largest absolute Gasteiger partial charge is 0.467 e. The van der Waals surface area contributed by atoms with Crippen LogP contribution in [0.25, 0.3) is 10.9 Å². The van der Waals surface area contributed by atoms with Gasteiger partial charge in [-0.1, -0.05) is 50.3 Å². The van der Waals surface area contributed by atoms with Crippen LogP contribution in [0, 0.1) is 0 Å². The van der Waals surface area contributed by atoms with E-state index >= 15 is 0 Å². The number of amides is 2. The van der Waals surface area contributed by atoms with Crippen molar-refractivity contribution in [3.63, 3.8) is 0 Å². The van der Waals surface area contributed by atoms with Gasteiger partial charge in [0, 0.05) is 16.9 Å². The molecule has 3 aromatic rings. The standard InChI is InChI=1S/C26H31N3O3/c1-26(25(31)27-20-11-5-3-2-4-6-12-20)18-28-22-14-8-7-10-19(22)16-23(28)24(30)29(26)17-21-13-9-15-32-21/h7-10,13-16,20H,2-6,11-12,17-18H2,1H3,(H,27,31). The Morgan fingerprint density at radius 2 is 1.84 bits per heavy atom. The van der Waals surface area contributed by atoms with E-state index in [2.05, 4.69) is 5.32 Å². The van der Waals surface area contributed by atoms with Crippen LogP contribution in [-0.2, 0) is 17.9 Å². The molecule has 6 heteroatoms. The summed E-state index contributed by atoms with van der Waals surface area (Å²) in [6.45, 7) is 2.58. The molecular formula is C26H31N3O3. The van der Waals surface area contributed by atoms with Gasteiger partial charge in [-0.05, 0) is 44.0 Å². The lowest BCUT2D eigenvalue weighted by atomic mass is 9.92. The molecule has 6 nitrogen and oxygen atoms in total. The molecule has 0 spiro atoms. The van der Waals surface area contributed by atoms with Crippen molar-refractivity contribution in [2.45, 2.75) is 76.5 Å². The molecule has 2 aromatic heterocycles. The number of carbonyl (C=O) groups excluding carboxylic acids is 2. The summed E-state index contributed by atoms with van der Waals surface area (Å²) in [4.78, 5) is 29.2. The first-order valence-electron chi connectivity index (χ1n) is 11.8. The van der Waals surface area contributed by atoms with Crippen LogP contribution in [0.1, 0.15) is 68.1 Å². The van der Waals surface area contributed by atoms with Gasteiger partial charge in [-0.25, -0.2) is 0 Å². The lowest BCUT2D eigenvalue weighted by molar-refractivity contribution is -0.134. The third-order valence-corrected chi connectivity index (χ3v) is 7.16. The van der Waals surface area contributed by atoms with Gasteiger partial charge in [0.25, 0.3) is 5.91 Å². The number of fused-ring (bicyclic) bond motifs is 3. The van der Waals surface area contributed by atoms with E-state index in [1.165, 1.54) is 19.3 Å². The first kappa shape index (κ1) is 20.9. The van der Waals surface area contributed by atoms with Crippen molar-refractivity contribution >= 4 is 22.7 Å². The molecule has 1 unspecified atom stereocenters. The summed E-state index contributed by atoms with van der Waals surface area (Å²) in [5, 5.41) is 4.33. The van der Waals surface area contributed by atoms with Crippen molar-refractivity contribution in [2.75, 3.05) is 0 Å². The monoisotopic (exact) mass is 433 g/mol. The Labute approximate surface area is 188 Å². The van der Waals surface area contributed by atoms with Gasteiger partial charge in [-0.3, -0.25) is 9.59 Å². The summed E-state index contributed by atoms with van der Waals surface area (Å²) in [5.74, 6) is 0.457. The van der Waals surface area contributed by atoms with E-state index in [-0.39, 0.29) is 24.4 Å². The predicted molar refractivity (Wildman–Crippen MR) is 123 cm³/mol. The lowest BCUT2D eigenvalue weighted by Crippen LogP contribution is -2.64. The van der Waals surface area contributed by atoms with Crippen LogP contribution < -0.4 is 5.32 Å². The van der Waals surface area contributed by atoms with Gasteiger partial charge in [-0.2, -0.15) is 0 Å². The second kappa shape index (κ2) is 8.49. The normalized spacial score (nSPS) is 22.4. The molecule has 1 aliphatic carbocycles. The molecule has 0 bridgehead atoms. The molecule has 1 N–H and O–H groups in total. The van der Waals surface area contributed by atoms with Crippen LogP contribution in [-0.4, -0.2) is 32.9 Å². The SMILES string of the molecule is CC1(C(=O)NC2CCCCCCC2)Cn2c(cc3ccccc32)C(=O)N1Cc1ccco1. The highest BCUT2D eigenvalue weighted by atomic mass is 16.3. The van der Waals surface area contributed by atoms with Crippen molar-refractivity contribution in [3.8, 4) is 0 Å². The van der Waals surface area contributed by atoms with Crippen molar-refractivity contribution in [2.24, 2.45) is 0 Å². The summed E-state index contributed by atoms with van der Waals surface area (Å²) in [6, 6.07) is 13.7. The summed E-state index contributed by atoms with van der Waals surface area (Å²) < 4.78 is 7.56. The number of nitrogens with one attached hydrogen (secondary N) is 1. The number of furan rings is 1. The molecule has 1 atom stereocenters. The molecule has 1 aliphatic heterocycles. The first-order chi connectivity index (χ1) is 15.6. The third kappa shape index (κ3) is 3.72. The quantitative estimate of drug-likeness (QED) is 0.638. The summed E-state index contributed by atoms with van der Waals surface area (Å²) >= 11 is 0. The molecular weight excluding hydrogens is 402 g/mol. The number of rotatable bonds is 4. The van der Waals surface area contributed by atoms with Gasteiger partial charge >= 0.3 is 0 Å². The molecule has 0 radical (unpaired) electrons. The fourth-order valence-corrected chi connectivity index (χ4v) is 5.25. The maximum atomic E-state index is 13.8. The predicted octanol–water partition coefficient (Wildman–Crippen LogP) is 4.88. The molecule has 5 rings (SSSR count). The molecule has 1 saturated carbocycles. The van der Waals surface area contributed by atoms with E-state index in [0.717, 1.165) is 36.6 Å². The van der Waals surface area contributed by atoms with Crippen LogP contribution in [0.5, 0.6) is 0 Å². The molecule has 1 fully saturated rings. The van der Waals surface area contributed by atoms with Crippen LogP contribution in [0.4, 0.5) is 0 Å². The number of aromatic nitrogens is 1. The molecule has 0 saturated heterocycles. The van der Waals surface area contributed by atoms with E-state index in [0.29, 0.717) is 18.0 Å². The van der Waals surface area contributed by atoms with Crippen molar-refractivity contribution in [3.05, 3.63) is 60.2 Å².